The first kappa shape index (κ1) is 25.3. The highest BCUT2D eigenvalue weighted by atomic mass is 32.2. The van der Waals surface area contributed by atoms with E-state index in [1.807, 2.05) is 30.3 Å². The molecule has 1 aliphatic rings. The van der Waals surface area contributed by atoms with E-state index in [0.717, 1.165) is 34.1 Å². The van der Waals surface area contributed by atoms with Crippen LogP contribution in [0.1, 0.15) is 12.5 Å². The van der Waals surface area contributed by atoms with Crippen LogP contribution in [0.5, 0.6) is 5.75 Å². The van der Waals surface area contributed by atoms with Crippen molar-refractivity contribution < 1.29 is 27.1 Å². The molecule has 0 spiro atoms. The van der Waals surface area contributed by atoms with Crippen LogP contribution in [0.15, 0.2) is 83.8 Å². The fourth-order valence-electron chi connectivity index (χ4n) is 3.86. The highest BCUT2D eigenvalue weighted by molar-refractivity contribution is 7.89. The SMILES string of the molecule is CCN(CC(=O)N1C[C@@H](C(=O)NCc2ccccc2)Oc2ccccc21)S(=O)(=O)c1ccc(F)cc1. The number of nitrogens with one attached hydrogen (secondary N) is 1. The lowest BCUT2D eigenvalue weighted by Gasteiger charge is -2.35. The van der Waals surface area contributed by atoms with Gasteiger partial charge in [-0.15, -0.1) is 0 Å². The fourth-order valence-corrected chi connectivity index (χ4v) is 5.26. The normalized spacial score (nSPS) is 15.2. The van der Waals surface area contributed by atoms with Crippen molar-refractivity contribution >= 4 is 27.5 Å². The van der Waals surface area contributed by atoms with E-state index >= 15 is 0 Å². The summed E-state index contributed by atoms with van der Waals surface area (Å²) in [5.74, 6) is -1.12. The van der Waals surface area contributed by atoms with Crippen molar-refractivity contribution in [2.45, 2.75) is 24.5 Å². The molecule has 0 fully saturated rings. The molecule has 0 radical (unpaired) electrons. The Morgan fingerprint density at radius 3 is 2.39 bits per heavy atom. The molecule has 4 rings (SSSR count). The number of ether oxygens (including phenoxy) is 1. The number of nitrogens with zero attached hydrogens (tertiary/aromatic N) is 2. The number of carbonyl (C=O) groups excluding carboxylic acids is 2. The zero-order valence-electron chi connectivity index (χ0n) is 19.6. The molecule has 0 bridgehead atoms. The van der Waals surface area contributed by atoms with Gasteiger partial charge in [0.25, 0.3) is 5.91 Å². The van der Waals surface area contributed by atoms with Crippen molar-refractivity contribution in [1.82, 2.24) is 9.62 Å². The molecule has 0 unspecified atom stereocenters. The second-order valence-electron chi connectivity index (χ2n) is 8.17. The summed E-state index contributed by atoms with van der Waals surface area (Å²) in [6.07, 6.45) is -0.976. The van der Waals surface area contributed by atoms with E-state index in [4.69, 9.17) is 4.74 Å². The summed E-state index contributed by atoms with van der Waals surface area (Å²) in [5.41, 5.74) is 1.37. The van der Waals surface area contributed by atoms with Crippen LogP contribution < -0.4 is 15.0 Å². The van der Waals surface area contributed by atoms with E-state index in [9.17, 15) is 22.4 Å². The fraction of sp³-hybridized carbons (Fsp3) is 0.231. The molecule has 3 aromatic carbocycles. The predicted molar refractivity (Wildman–Crippen MR) is 132 cm³/mol. The highest BCUT2D eigenvalue weighted by Gasteiger charge is 2.35. The molecular formula is C26H26FN3O5S. The first-order valence-corrected chi connectivity index (χ1v) is 12.9. The lowest BCUT2D eigenvalue weighted by atomic mass is 10.1. The molecule has 3 aromatic rings. The van der Waals surface area contributed by atoms with Crippen molar-refractivity contribution in [3.8, 4) is 5.75 Å². The first-order chi connectivity index (χ1) is 17.3. The number of benzene rings is 3. The molecule has 0 aromatic heterocycles. The second kappa shape index (κ2) is 10.9. The average Bonchev–Trinajstić information content (AvgIpc) is 2.90. The molecule has 10 heteroatoms. The Morgan fingerprint density at radius 1 is 1.03 bits per heavy atom. The van der Waals surface area contributed by atoms with E-state index < -0.39 is 40.3 Å². The standard InChI is InChI=1S/C26H26FN3O5S/c1-2-29(36(33,34)21-14-12-20(27)13-15-21)18-25(31)30-17-24(35-23-11-7-6-10-22(23)30)26(32)28-16-19-8-4-3-5-9-19/h3-15,24H,2,16-18H2,1H3,(H,28,32)/t24-/m0/s1. The van der Waals surface area contributed by atoms with E-state index in [-0.39, 0.29) is 18.0 Å². The summed E-state index contributed by atoms with van der Waals surface area (Å²) in [4.78, 5) is 27.5. The van der Waals surface area contributed by atoms with Gasteiger partial charge < -0.3 is 15.0 Å². The van der Waals surface area contributed by atoms with Crippen LogP contribution in [0, 0.1) is 5.82 Å². The van der Waals surface area contributed by atoms with E-state index in [1.54, 1.807) is 31.2 Å². The van der Waals surface area contributed by atoms with Crippen molar-refractivity contribution in [2.75, 3.05) is 24.5 Å². The minimum absolute atomic E-state index is 0.0262. The van der Waals surface area contributed by atoms with E-state index in [1.165, 1.54) is 4.90 Å². The van der Waals surface area contributed by atoms with Crippen LogP contribution in [0.2, 0.25) is 0 Å². The number of carbonyl (C=O) groups is 2. The Labute approximate surface area is 209 Å². The predicted octanol–water partition coefficient (Wildman–Crippen LogP) is 2.95. The summed E-state index contributed by atoms with van der Waals surface area (Å²) < 4.78 is 46.3. The number of hydrogen-bond donors (Lipinski definition) is 1. The Morgan fingerprint density at radius 2 is 1.69 bits per heavy atom. The molecule has 0 saturated carbocycles. The van der Waals surface area contributed by atoms with Gasteiger partial charge in [-0.2, -0.15) is 4.31 Å². The molecule has 0 aliphatic carbocycles. The third kappa shape index (κ3) is 5.55. The van der Waals surface area contributed by atoms with Gasteiger partial charge in [-0.1, -0.05) is 49.4 Å². The van der Waals surface area contributed by atoms with Crippen LogP contribution in [-0.2, 0) is 26.2 Å². The Hall–Kier alpha value is -3.76. The van der Waals surface area contributed by atoms with Crippen LogP contribution in [0.4, 0.5) is 10.1 Å². The summed E-state index contributed by atoms with van der Waals surface area (Å²) in [7, 11) is -4.04. The van der Waals surface area contributed by atoms with Gasteiger partial charge in [-0.3, -0.25) is 9.59 Å². The summed E-state index contributed by atoms with van der Waals surface area (Å²) >= 11 is 0. The molecule has 0 saturated heterocycles. The third-order valence-corrected chi connectivity index (χ3v) is 7.73. The quantitative estimate of drug-likeness (QED) is 0.502. The minimum atomic E-state index is -4.04. The number of rotatable bonds is 8. The summed E-state index contributed by atoms with van der Waals surface area (Å²) in [6, 6.07) is 20.6. The summed E-state index contributed by atoms with van der Waals surface area (Å²) in [6.45, 7) is 1.40. The zero-order chi connectivity index (χ0) is 25.7. The third-order valence-electron chi connectivity index (χ3n) is 5.79. The number of likely N-dealkylation sites (N-methyl/N-ethyl adjacent to an activating group) is 1. The van der Waals surface area contributed by atoms with Gasteiger partial charge in [0, 0.05) is 13.1 Å². The van der Waals surface area contributed by atoms with E-state index in [2.05, 4.69) is 5.32 Å². The van der Waals surface area contributed by atoms with Crippen molar-refractivity contribution in [2.24, 2.45) is 0 Å². The van der Waals surface area contributed by atoms with Gasteiger partial charge in [0.15, 0.2) is 6.10 Å². The van der Waals surface area contributed by atoms with E-state index in [0.29, 0.717) is 18.0 Å². The summed E-state index contributed by atoms with van der Waals surface area (Å²) in [5, 5.41) is 2.82. The monoisotopic (exact) mass is 511 g/mol. The lowest BCUT2D eigenvalue weighted by Crippen LogP contribution is -2.53. The number of sulfonamides is 1. The molecule has 36 heavy (non-hydrogen) atoms. The topological polar surface area (TPSA) is 96.0 Å². The Bertz CT molecular complexity index is 1330. The minimum Gasteiger partial charge on any atom is -0.477 e. The van der Waals surface area contributed by atoms with Gasteiger partial charge in [0.2, 0.25) is 15.9 Å². The largest absolute Gasteiger partial charge is 0.477 e. The Balaban J connectivity index is 1.52. The van der Waals surface area contributed by atoms with Gasteiger partial charge in [0.05, 0.1) is 23.7 Å². The van der Waals surface area contributed by atoms with Crippen LogP contribution in [-0.4, -0.2) is 50.3 Å². The first-order valence-electron chi connectivity index (χ1n) is 11.4. The molecule has 8 nitrogen and oxygen atoms in total. The van der Waals surface area contributed by atoms with Crippen LogP contribution in [0.25, 0.3) is 0 Å². The molecule has 188 valence electrons. The molecule has 1 heterocycles. The second-order valence-corrected chi connectivity index (χ2v) is 10.1. The highest BCUT2D eigenvalue weighted by Crippen LogP contribution is 2.33. The number of fused-ring (bicyclic) bond motifs is 1. The number of anilines is 1. The molecular weight excluding hydrogens is 485 g/mol. The molecule has 1 aliphatic heterocycles. The smallest absolute Gasteiger partial charge is 0.263 e. The average molecular weight is 512 g/mol. The van der Waals surface area contributed by atoms with Crippen LogP contribution >= 0.6 is 0 Å². The van der Waals surface area contributed by atoms with Gasteiger partial charge >= 0.3 is 0 Å². The van der Waals surface area contributed by atoms with Crippen LogP contribution in [0.3, 0.4) is 0 Å². The van der Waals surface area contributed by atoms with Gasteiger partial charge in [-0.05, 0) is 42.0 Å². The number of amides is 2. The van der Waals surface area contributed by atoms with Gasteiger partial charge in [0.1, 0.15) is 11.6 Å². The maximum atomic E-state index is 13.4. The number of halogens is 1. The number of hydrogen-bond acceptors (Lipinski definition) is 5. The molecule has 1 N–H and O–H groups in total. The van der Waals surface area contributed by atoms with Crippen molar-refractivity contribution in [1.29, 1.82) is 0 Å². The zero-order valence-corrected chi connectivity index (χ0v) is 20.4. The van der Waals surface area contributed by atoms with Crippen molar-refractivity contribution in [3.05, 3.63) is 90.2 Å². The van der Waals surface area contributed by atoms with Gasteiger partial charge in [-0.25, -0.2) is 12.8 Å². The maximum absolute atomic E-state index is 13.4. The number of para-hydroxylation sites is 2. The lowest BCUT2D eigenvalue weighted by molar-refractivity contribution is -0.128. The molecule has 2 amide bonds. The maximum Gasteiger partial charge on any atom is 0.263 e. The molecule has 1 atom stereocenters. The van der Waals surface area contributed by atoms with Crippen molar-refractivity contribution in [3.63, 3.8) is 0 Å². The Kier molecular flexibility index (Phi) is 7.66.